The number of rotatable bonds is 7. The van der Waals surface area contributed by atoms with Crippen molar-refractivity contribution in [2.75, 3.05) is 32.8 Å². The molecular weight excluding hydrogens is 467 g/mol. The molecule has 0 heterocycles. The second kappa shape index (κ2) is 10.3. The van der Waals surface area contributed by atoms with E-state index in [-0.39, 0.29) is 11.0 Å². The number of ether oxygens (including phenoxy) is 3. The number of amides is 1. The molecule has 1 amide bonds. The zero-order valence-corrected chi connectivity index (χ0v) is 17.3. The Kier molecular flexibility index (Phi) is 8.07. The first-order chi connectivity index (χ1) is 12.5. The average Bonchev–Trinajstić information content (AvgIpc) is 2.63. The smallest absolute Gasteiger partial charge is 0.257 e. The number of methoxy groups -OCH3 is 2. The molecule has 0 aliphatic heterocycles. The van der Waals surface area contributed by atoms with Crippen LogP contribution in [0.3, 0.4) is 0 Å². The Balaban J connectivity index is 1.89. The predicted octanol–water partition coefficient (Wildman–Crippen LogP) is 3.45. The third-order valence-corrected chi connectivity index (χ3v) is 4.36. The van der Waals surface area contributed by atoms with Crippen molar-refractivity contribution in [2.45, 2.75) is 0 Å². The lowest BCUT2D eigenvalue weighted by atomic mass is 10.2. The van der Waals surface area contributed by atoms with Crippen LogP contribution in [0.2, 0.25) is 0 Å². The summed E-state index contributed by atoms with van der Waals surface area (Å²) in [7, 11) is 3.21. The second-order valence-corrected chi connectivity index (χ2v) is 6.69. The maximum absolute atomic E-state index is 12.3. The standard InChI is InChI=1S/C18H19IN2O4S/c1-23-9-10-25-14-6-4-13(5-7-14)20-18(26)21-17(22)12-3-8-16(24-2)15(19)11-12/h3-8,11H,9-10H2,1-2H3,(H2,20,21,22,26). The van der Waals surface area contributed by atoms with Crippen LogP contribution in [-0.4, -0.2) is 38.5 Å². The summed E-state index contributed by atoms with van der Waals surface area (Å²) in [6.07, 6.45) is 0. The highest BCUT2D eigenvalue weighted by molar-refractivity contribution is 14.1. The van der Waals surface area contributed by atoms with E-state index < -0.39 is 0 Å². The van der Waals surface area contributed by atoms with E-state index in [9.17, 15) is 4.79 Å². The van der Waals surface area contributed by atoms with Gasteiger partial charge in [-0.3, -0.25) is 10.1 Å². The highest BCUT2D eigenvalue weighted by atomic mass is 127. The van der Waals surface area contributed by atoms with E-state index in [2.05, 4.69) is 33.2 Å². The minimum absolute atomic E-state index is 0.217. The molecule has 138 valence electrons. The van der Waals surface area contributed by atoms with Gasteiger partial charge in [0, 0.05) is 18.4 Å². The van der Waals surface area contributed by atoms with Crippen LogP contribution >= 0.6 is 34.8 Å². The van der Waals surface area contributed by atoms with E-state index in [1.165, 1.54) is 0 Å². The van der Waals surface area contributed by atoms with Crippen LogP contribution in [-0.2, 0) is 4.74 Å². The van der Waals surface area contributed by atoms with Gasteiger partial charge >= 0.3 is 0 Å². The topological polar surface area (TPSA) is 68.8 Å². The third-order valence-electron chi connectivity index (χ3n) is 3.31. The van der Waals surface area contributed by atoms with Crippen molar-refractivity contribution >= 4 is 51.5 Å². The fourth-order valence-corrected chi connectivity index (χ4v) is 2.97. The summed E-state index contributed by atoms with van der Waals surface area (Å²) in [6, 6.07) is 12.4. The summed E-state index contributed by atoms with van der Waals surface area (Å²) in [5, 5.41) is 5.84. The molecule has 26 heavy (non-hydrogen) atoms. The Morgan fingerprint density at radius 2 is 1.85 bits per heavy atom. The predicted molar refractivity (Wildman–Crippen MR) is 113 cm³/mol. The van der Waals surface area contributed by atoms with Gasteiger partial charge < -0.3 is 19.5 Å². The minimum atomic E-state index is -0.289. The minimum Gasteiger partial charge on any atom is -0.496 e. The molecule has 0 spiro atoms. The first kappa shape index (κ1) is 20.4. The summed E-state index contributed by atoms with van der Waals surface area (Å²) < 4.78 is 16.5. The number of thiocarbonyl (C=S) groups is 1. The fourth-order valence-electron chi connectivity index (χ4n) is 2.02. The van der Waals surface area contributed by atoms with Crippen molar-refractivity contribution in [1.29, 1.82) is 0 Å². The van der Waals surface area contributed by atoms with Crippen molar-refractivity contribution in [2.24, 2.45) is 0 Å². The van der Waals surface area contributed by atoms with Gasteiger partial charge in [-0.25, -0.2) is 0 Å². The number of nitrogens with one attached hydrogen (secondary N) is 2. The largest absolute Gasteiger partial charge is 0.496 e. The molecule has 2 aromatic rings. The lowest BCUT2D eigenvalue weighted by Crippen LogP contribution is -2.34. The van der Waals surface area contributed by atoms with Gasteiger partial charge in [-0.2, -0.15) is 0 Å². The maximum Gasteiger partial charge on any atom is 0.257 e. The lowest BCUT2D eigenvalue weighted by molar-refractivity contribution is 0.0977. The van der Waals surface area contributed by atoms with Crippen molar-refractivity contribution in [1.82, 2.24) is 5.32 Å². The average molecular weight is 486 g/mol. The maximum atomic E-state index is 12.3. The normalized spacial score (nSPS) is 10.1. The number of anilines is 1. The number of halogens is 1. The summed E-state index contributed by atoms with van der Waals surface area (Å²) in [5.41, 5.74) is 1.25. The Hall–Kier alpha value is -1.91. The van der Waals surface area contributed by atoms with Gasteiger partial charge in [0.15, 0.2) is 5.11 Å². The third kappa shape index (κ3) is 6.11. The molecular formula is C18H19IN2O4S. The Labute approximate surface area is 171 Å². The Morgan fingerprint density at radius 3 is 2.46 bits per heavy atom. The van der Waals surface area contributed by atoms with Crippen molar-refractivity contribution < 1.29 is 19.0 Å². The number of hydrogen-bond acceptors (Lipinski definition) is 5. The van der Waals surface area contributed by atoms with Crippen LogP contribution in [0.4, 0.5) is 5.69 Å². The van der Waals surface area contributed by atoms with Gasteiger partial charge in [0.2, 0.25) is 0 Å². The molecule has 0 aliphatic carbocycles. The summed E-state index contributed by atoms with van der Waals surface area (Å²) in [5.74, 6) is 1.16. The molecule has 2 N–H and O–H groups in total. The van der Waals surface area contributed by atoms with E-state index >= 15 is 0 Å². The summed E-state index contributed by atoms with van der Waals surface area (Å²) in [4.78, 5) is 12.3. The first-order valence-corrected chi connectivity index (χ1v) is 9.20. The van der Waals surface area contributed by atoms with E-state index in [0.717, 1.165) is 20.8 Å². The second-order valence-electron chi connectivity index (χ2n) is 5.12. The van der Waals surface area contributed by atoms with Crippen molar-refractivity contribution in [3.05, 3.63) is 51.6 Å². The molecule has 0 saturated carbocycles. The zero-order chi connectivity index (χ0) is 18.9. The number of benzene rings is 2. The van der Waals surface area contributed by atoms with Crippen LogP contribution in [0.1, 0.15) is 10.4 Å². The highest BCUT2D eigenvalue weighted by Crippen LogP contribution is 2.21. The number of carbonyl (C=O) groups excluding carboxylic acids is 1. The van der Waals surface area contributed by atoms with Gasteiger partial charge in [0.05, 0.1) is 17.3 Å². The van der Waals surface area contributed by atoms with Crippen LogP contribution in [0.25, 0.3) is 0 Å². The van der Waals surface area contributed by atoms with Crippen molar-refractivity contribution in [3.8, 4) is 11.5 Å². The molecule has 8 heteroatoms. The molecule has 0 aliphatic rings. The SMILES string of the molecule is COCCOc1ccc(NC(=S)NC(=O)c2ccc(OC)c(I)c2)cc1. The van der Waals surface area contributed by atoms with E-state index in [1.807, 2.05) is 24.3 Å². The molecule has 0 saturated heterocycles. The summed E-state index contributed by atoms with van der Waals surface area (Å²) >= 11 is 7.31. The summed E-state index contributed by atoms with van der Waals surface area (Å²) in [6.45, 7) is 1.01. The van der Waals surface area contributed by atoms with Gasteiger partial charge in [0.1, 0.15) is 18.1 Å². The molecule has 0 unspecified atom stereocenters. The fraction of sp³-hybridized carbons (Fsp3) is 0.222. The Bertz CT molecular complexity index is 768. The highest BCUT2D eigenvalue weighted by Gasteiger charge is 2.10. The quantitative estimate of drug-likeness (QED) is 0.355. The molecule has 0 radical (unpaired) electrons. The van der Waals surface area contributed by atoms with Gasteiger partial charge in [0.25, 0.3) is 5.91 Å². The lowest BCUT2D eigenvalue weighted by Gasteiger charge is -2.11. The van der Waals surface area contributed by atoms with Gasteiger partial charge in [-0.15, -0.1) is 0 Å². The molecule has 0 bridgehead atoms. The zero-order valence-electron chi connectivity index (χ0n) is 14.4. The molecule has 2 aromatic carbocycles. The van der Waals surface area contributed by atoms with Crippen LogP contribution in [0, 0.1) is 3.57 Å². The molecule has 2 rings (SSSR count). The molecule has 6 nitrogen and oxygen atoms in total. The van der Waals surface area contributed by atoms with Crippen LogP contribution in [0.15, 0.2) is 42.5 Å². The number of hydrogen-bond donors (Lipinski definition) is 2. The van der Waals surface area contributed by atoms with E-state index in [1.54, 1.807) is 32.4 Å². The first-order valence-electron chi connectivity index (χ1n) is 7.71. The van der Waals surface area contributed by atoms with Gasteiger partial charge in [-0.05, 0) is 77.3 Å². The Morgan fingerprint density at radius 1 is 1.12 bits per heavy atom. The number of carbonyl (C=O) groups is 1. The van der Waals surface area contributed by atoms with E-state index in [4.69, 9.17) is 26.4 Å². The monoisotopic (exact) mass is 486 g/mol. The van der Waals surface area contributed by atoms with Crippen molar-refractivity contribution in [3.63, 3.8) is 0 Å². The molecule has 0 atom stereocenters. The molecule has 0 aromatic heterocycles. The van der Waals surface area contributed by atoms with Gasteiger partial charge in [-0.1, -0.05) is 0 Å². The van der Waals surface area contributed by atoms with Crippen LogP contribution < -0.4 is 20.1 Å². The van der Waals surface area contributed by atoms with Crippen LogP contribution in [0.5, 0.6) is 11.5 Å². The molecule has 0 fully saturated rings. The van der Waals surface area contributed by atoms with E-state index in [0.29, 0.717) is 18.8 Å².